The first-order valence-corrected chi connectivity index (χ1v) is 13.8. The Morgan fingerprint density at radius 3 is 1.68 bits per heavy atom. The maximum atomic E-state index is 14.1. The number of carbonyl (C=O) groups excluding carboxylic acids is 4. The Kier molecular flexibility index (Phi) is 6.32. The van der Waals surface area contributed by atoms with Crippen molar-refractivity contribution in [2.24, 2.45) is 17.8 Å². The average Bonchev–Trinajstić information content (AvgIpc) is 3.17. The lowest BCUT2D eigenvalue weighted by Crippen LogP contribution is -2.49. The van der Waals surface area contributed by atoms with Gasteiger partial charge in [-0.25, -0.2) is 4.79 Å². The number of ether oxygens (including phenoxy) is 1. The van der Waals surface area contributed by atoms with E-state index in [1.807, 2.05) is 80.6 Å². The van der Waals surface area contributed by atoms with E-state index in [0.29, 0.717) is 5.69 Å². The summed E-state index contributed by atoms with van der Waals surface area (Å²) in [7, 11) is 0. The topological polar surface area (TPSA) is 92.8 Å². The van der Waals surface area contributed by atoms with Gasteiger partial charge in [0.15, 0.2) is 6.61 Å². The molecular weight excluding hydrogens is 504 g/mol. The van der Waals surface area contributed by atoms with Gasteiger partial charge >= 0.3 is 5.97 Å². The molecule has 7 nitrogen and oxygen atoms in total. The average molecular weight is 537 g/mol. The molecular formula is C33H32N2O5. The van der Waals surface area contributed by atoms with E-state index in [9.17, 15) is 19.2 Å². The second-order valence-electron chi connectivity index (χ2n) is 11.5. The molecule has 7 heteroatoms. The van der Waals surface area contributed by atoms with Crippen LogP contribution in [0.5, 0.6) is 0 Å². The quantitative estimate of drug-likeness (QED) is 0.364. The fourth-order valence-electron chi connectivity index (χ4n) is 7.12. The molecule has 0 saturated carbocycles. The van der Waals surface area contributed by atoms with Crippen molar-refractivity contribution in [3.8, 4) is 0 Å². The summed E-state index contributed by atoms with van der Waals surface area (Å²) in [6.45, 7) is 6.91. The predicted molar refractivity (Wildman–Crippen MR) is 150 cm³/mol. The normalized spacial score (nSPS) is 23.0. The third-order valence-electron chi connectivity index (χ3n) is 8.48. The highest BCUT2D eigenvalue weighted by molar-refractivity contribution is 6.10. The number of anilines is 1. The Morgan fingerprint density at radius 1 is 0.800 bits per heavy atom. The highest BCUT2D eigenvalue weighted by atomic mass is 16.5. The van der Waals surface area contributed by atoms with Crippen molar-refractivity contribution in [2.75, 3.05) is 11.9 Å². The SMILES string of the molecule is Cc1cc(C)cc(NC(=O)COC(=O)[C@H](C(C)C)N2C(=O)[C@@H]3C4c5ccccc5C(c5ccccc54)[C@@H]3C2=O)c1. The van der Waals surface area contributed by atoms with Crippen molar-refractivity contribution in [1.82, 2.24) is 4.90 Å². The van der Waals surface area contributed by atoms with Gasteiger partial charge in [0.1, 0.15) is 6.04 Å². The Labute approximate surface area is 233 Å². The van der Waals surface area contributed by atoms with Crippen molar-refractivity contribution >= 4 is 29.4 Å². The lowest BCUT2D eigenvalue weighted by atomic mass is 9.55. The number of aryl methyl sites for hydroxylation is 2. The molecule has 40 heavy (non-hydrogen) atoms. The number of amides is 3. The number of rotatable bonds is 6. The van der Waals surface area contributed by atoms with Crippen LogP contribution in [-0.4, -0.2) is 41.2 Å². The summed E-state index contributed by atoms with van der Waals surface area (Å²) in [4.78, 5) is 55.3. The molecule has 1 N–H and O–H groups in total. The zero-order valence-corrected chi connectivity index (χ0v) is 23.0. The highest BCUT2D eigenvalue weighted by Crippen LogP contribution is 2.61. The van der Waals surface area contributed by atoms with Gasteiger partial charge in [0, 0.05) is 17.5 Å². The van der Waals surface area contributed by atoms with E-state index in [4.69, 9.17) is 4.74 Å². The predicted octanol–water partition coefficient (Wildman–Crippen LogP) is 4.70. The fourth-order valence-corrected chi connectivity index (χ4v) is 7.12. The van der Waals surface area contributed by atoms with Gasteiger partial charge in [0.05, 0.1) is 11.8 Å². The van der Waals surface area contributed by atoms with Crippen LogP contribution in [0.3, 0.4) is 0 Å². The van der Waals surface area contributed by atoms with Gasteiger partial charge in [0.2, 0.25) is 11.8 Å². The van der Waals surface area contributed by atoms with Crippen LogP contribution >= 0.6 is 0 Å². The third kappa shape index (κ3) is 4.03. The molecule has 1 heterocycles. The van der Waals surface area contributed by atoms with Crippen molar-refractivity contribution in [1.29, 1.82) is 0 Å². The summed E-state index contributed by atoms with van der Waals surface area (Å²) in [6, 6.07) is 20.6. The first kappa shape index (κ1) is 26.0. The van der Waals surface area contributed by atoms with E-state index in [2.05, 4.69) is 5.32 Å². The van der Waals surface area contributed by atoms with Crippen molar-refractivity contribution in [2.45, 2.75) is 45.6 Å². The van der Waals surface area contributed by atoms with Gasteiger partial charge < -0.3 is 10.1 Å². The number of imide groups is 1. The third-order valence-corrected chi connectivity index (χ3v) is 8.48. The smallest absolute Gasteiger partial charge is 0.330 e. The van der Waals surface area contributed by atoms with Crippen LogP contribution in [-0.2, 0) is 23.9 Å². The minimum Gasteiger partial charge on any atom is -0.454 e. The Bertz CT molecular complexity index is 1420. The van der Waals surface area contributed by atoms with Crippen LogP contribution in [0.25, 0.3) is 0 Å². The second-order valence-corrected chi connectivity index (χ2v) is 11.5. The van der Waals surface area contributed by atoms with Gasteiger partial charge in [0.25, 0.3) is 5.91 Å². The lowest BCUT2D eigenvalue weighted by molar-refractivity contribution is -0.162. The van der Waals surface area contributed by atoms with Crippen LogP contribution in [0, 0.1) is 31.6 Å². The first-order chi connectivity index (χ1) is 19.2. The van der Waals surface area contributed by atoms with E-state index in [0.717, 1.165) is 38.3 Å². The summed E-state index contributed by atoms with van der Waals surface area (Å²) in [5.74, 6) is -3.99. The molecule has 204 valence electrons. The number of hydrogen-bond acceptors (Lipinski definition) is 5. The molecule has 3 atom stereocenters. The van der Waals surface area contributed by atoms with E-state index in [1.54, 1.807) is 13.8 Å². The molecule has 0 spiro atoms. The van der Waals surface area contributed by atoms with Crippen LogP contribution in [0.2, 0.25) is 0 Å². The summed E-state index contributed by atoms with van der Waals surface area (Å²) < 4.78 is 5.42. The molecule has 3 aliphatic carbocycles. The highest BCUT2D eigenvalue weighted by Gasteiger charge is 2.63. The molecule has 3 aromatic carbocycles. The van der Waals surface area contributed by atoms with E-state index in [-0.39, 0.29) is 23.7 Å². The second kappa shape index (κ2) is 9.73. The molecule has 1 fully saturated rings. The number of carbonyl (C=O) groups is 4. The zero-order valence-electron chi connectivity index (χ0n) is 23.0. The van der Waals surface area contributed by atoms with Gasteiger partial charge in [-0.05, 0) is 65.3 Å². The molecule has 1 saturated heterocycles. The van der Waals surface area contributed by atoms with E-state index in [1.165, 1.54) is 0 Å². The van der Waals surface area contributed by atoms with Crippen LogP contribution in [0.15, 0.2) is 66.7 Å². The van der Waals surface area contributed by atoms with Crippen molar-refractivity contribution in [3.05, 3.63) is 100 Å². The molecule has 0 radical (unpaired) electrons. The number of hydrogen-bond donors (Lipinski definition) is 1. The summed E-state index contributed by atoms with van der Waals surface area (Å²) >= 11 is 0. The maximum absolute atomic E-state index is 14.1. The number of nitrogens with one attached hydrogen (secondary N) is 1. The van der Waals surface area contributed by atoms with E-state index >= 15 is 0 Å². The monoisotopic (exact) mass is 536 g/mol. The minimum absolute atomic E-state index is 0.253. The molecule has 0 aromatic heterocycles. The number of benzene rings is 3. The minimum atomic E-state index is -1.12. The van der Waals surface area contributed by atoms with Gasteiger partial charge in [-0.15, -0.1) is 0 Å². The first-order valence-electron chi connectivity index (χ1n) is 13.8. The number of esters is 1. The summed E-state index contributed by atoms with van der Waals surface area (Å²) in [6.07, 6.45) is 0. The fraction of sp³-hybridized carbons (Fsp3) is 0.333. The summed E-state index contributed by atoms with van der Waals surface area (Å²) in [5, 5.41) is 2.75. The largest absolute Gasteiger partial charge is 0.454 e. The van der Waals surface area contributed by atoms with Crippen molar-refractivity contribution < 1.29 is 23.9 Å². The number of nitrogens with zero attached hydrogens (tertiary/aromatic N) is 1. The zero-order chi connectivity index (χ0) is 28.3. The molecule has 3 amide bonds. The Hall–Kier alpha value is -4.26. The maximum Gasteiger partial charge on any atom is 0.330 e. The molecule has 4 aliphatic rings. The summed E-state index contributed by atoms with van der Waals surface area (Å²) in [5.41, 5.74) is 6.90. The molecule has 7 rings (SSSR count). The molecule has 2 bridgehead atoms. The van der Waals surface area contributed by atoms with Gasteiger partial charge in [-0.1, -0.05) is 68.4 Å². The van der Waals surface area contributed by atoms with E-state index < -0.39 is 42.3 Å². The Morgan fingerprint density at radius 2 is 1.25 bits per heavy atom. The molecule has 1 aliphatic heterocycles. The Balaban J connectivity index is 1.26. The van der Waals surface area contributed by atoms with Crippen LogP contribution in [0.4, 0.5) is 5.69 Å². The van der Waals surface area contributed by atoms with Gasteiger partial charge in [-0.2, -0.15) is 0 Å². The standard InChI is InChI=1S/C33H32N2O5/c1-17(2)30(33(39)40-16-25(36)34-20-14-18(3)13-19(4)15-20)35-31(37)28-26-21-9-5-6-10-22(21)27(29(28)32(35)38)24-12-8-7-11-23(24)26/h5-15,17,26-30H,16H2,1-4H3,(H,34,36)/t26?,27?,28-,29+,30-/m0/s1. The van der Waals surface area contributed by atoms with Crippen molar-refractivity contribution in [3.63, 3.8) is 0 Å². The van der Waals surface area contributed by atoms with Crippen LogP contribution < -0.4 is 5.32 Å². The van der Waals surface area contributed by atoms with Crippen LogP contribution in [0.1, 0.15) is 59.1 Å². The molecule has 0 unspecified atom stereocenters. The number of likely N-dealkylation sites (tertiary alicyclic amines) is 1. The molecule has 3 aromatic rings. The lowest BCUT2D eigenvalue weighted by Gasteiger charge is -2.45. The van der Waals surface area contributed by atoms with Gasteiger partial charge in [-0.3, -0.25) is 19.3 Å².